The van der Waals surface area contributed by atoms with E-state index in [1.165, 1.54) is 11.1 Å². The number of nitrogens with one attached hydrogen (secondary N) is 1. The molecule has 0 bridgehead atoms. The number of hydrogen-bond acceptors (Lipinski definition) is 2. The average molecular weight is 233 g/mol. The zero-order valence-electron chi connectivity index (χ0n) is 11.5. The molecule has 0 heterocycles. The number of carbonyl (C=O) groups excluding carboxylic acids is 1. The van der Waals surface area contributed by atoms with Crippen LogP contribution in [0.5, 0.6) is 0 Å². The Bertz CT molecular complexity index is 373. The maximum atomic E-state index is 11.3. The summed E-state index contributed by atoms with van der Waals surface area (Å²) in [5.41, 5.74) is 2.71. The summed E-state index contributed by atoms with van der Waals surface area (Å²) in [6.07, 6.45) is 0.760. The molecule has 17 heavy (non-hydrogen) atoms. The third-order valence-corrected chi connectivity index (χ3v) is 3.10. The van der Waals surface area contributed by atoms with E-state index in [9.17, 15) is 4.79 Å². The van der Waals surface area contributed by atoms with Crippen LogP contribution in [-0.4, -0.2) is 18.9 Å². The normalized spacial score (nSPS) is 13.5. The van der Waals surface area contributed by atoms with Gasteiger partial charge in [0.25, 0.3) is 0 Å². The van der Waals surface area contributed by atoms with E-state index in [1.807, 2.05) is 7.05 Å². The molecule has 1 rings (SSSR count). The molecular formula is C15H23NO. The summed E-state index contributed by atoms with van der Waals surface area (Å²) in [5.74, 6) is 0.187. The van der Waals surface area contributed by atoms with E-state index in [0.29, 0.717) is 0 Å². The van der Waals surface area contributed by atoms with Crippen molar-refractivity contribution in [3.05, 3.63) is 35.4 Å². The number of hydrogen-bond donors (Lipinski definition) is 1. The Hall–Kier alpha value is -1.15. The van der Waals surface area contributed by atoms with Crippen LogP contribution in [0.1, 0.15) is 38.8 Å². The molecule has 0 spiro atoms. The number of likely N-dealkylation sites (N-methyl/N-ethyl adjacent to an activating group) is 1. The summed E-state index contributed by atoms with van der Waals surface area (Å²) in [6, 6.07) is 8.47. The van der Waals surface area contributed by atoms with Gasteiger partial charge in [0.15, 0.2) is 0 Å². The smallest absolute Gasteiger partial charge is 0.147 e. The highest BCUT2D eigenvalue weighted by Gasteiger charge is 2.15. The Morgan fingerprint density at radius 3 is 2.12 bits per heavy atom. The number of ketones is 1. The fourth-order valence-electron chi connectivity index (χ4n) is 1.83. The Labute approximate surface area is 104 Å². The summed E-state index contributed by atoms with van der Waals surface area (Å²) in [4.78, 5) is 11.3. The van der Waals surface area contributed by atoms with Gasteiger partial charge in [-0.3, -0.25) is 4.79 Å². The van der Waals surface area contributed by atoms with E-state index in [2.05, 4.69) is 50.4 Å². The summed E-state index contributed by atoms with van der Waals surface area (Å²) in [7, 11) is 1.83. The second-order valence-corrected chi connectivity index (χ2v) is 5.60. The Balaban J connectivity index is 2.78. The maximum absolute atomic E-state index is 11.3. The fourth-order valence-corrected chi connectivity index (χ4v) is 1.83. The molecule has 1 aromatic rings. The predicted octanol–water partition coefficient (Wildman–Crippen LogP) is 2.70. The Kier molecular flexibility index (Phi) is 4.47. The van der Waals surface area contributed by atoms with Gasteiger partial charge in [-0.25, -0.2) is 0 Å². The lowest BCUT2D eigenvalue weighted by Crippen LogP contribution is -2.34. The zero-order valence-corrected chi connectivity index (χ0v) is 11.5. The topological polar surface area (TPSA) is 29.1 Å². The first-order valence-corrected chi connectivity index (χ1v) is 6.11. The minimum atomic E-state index is -0.0736. The highest BCUT2D eigenvalue weighted by molar-refractivity contribution is 5.81. The van der Waals surface area contributed by atoms with Gasteiger partial charge in [-0.15, -0.1) is 0 Å². The van der Waals surface area contributed by atoms with E-state index in [0.717, 1.165) is 6.42 Å². The van der Waals surface area contributed by atoms with Crippen molar-refractivity contribution in [3.63, 3.8) is 0 Å². The number of benzene rings is 1. The fraction of sp³-hybridized carbons (Fsp3) is 0.533. The minimum Gasteiger partial charge on any atom is -0.310 e. The third-order valence-electron chi connectivity index (χ3n) is 3.10. The molecule has 0 saturated heterocycles. The van der Waals surface area contributed by atoms with E-state index >= 15 is 0 Å². The van der Waals surface area contributed by atoms with Crippen molar-refractivity contribution in [3.8, 4) is 0 Å². The van der Waals surface area contributed by atoms with E-state index in [-0.39, 0.29) is 17.2 Å². The molecule has 0 unspecified atom stereocenters. The molecule has 0 aliphatic rings. The van der Waals surface area contributed by atoms with Crippen LogP contribution >= 0.6 is 0 Å². The van der Waals surface area contributed by atoms with Crippen LogP contribution in [0.25, 0.3) is 0 Å². The monoisotopic (exact) mass is 233 g/mol. The van der Waals surface area contributed by atoms with Gasteiger partial charge in [-0.1, -0.05) is 45.0 Å². The van der Waals surface area contributed by atoms with Crippen molar-refractivity contribution >= 4 is 5.78 Å². The molecule has 0 saturated carbocycles. The van der Waals surface area contributed by atoms with Crippen LogP contribution < -0.4 is 5.32 Å². The molecule has 1 atom stereocenters. The summed E-state index contributed by atoms with van der Waals surface area (Å²) < 4.78 is 0. The molecular weight excluding hydrogens is 210 g/mol. The van der Waals surface area contributed by atoms with Crippen molar-refractivity contribution in [2.75, 3.05) is 7.05 Å². The van der Waals surface area contributed by atoms with Crippen molar-refractivity contribution < 1.29 is 4.79 Å². The third kappa shape index (κ3) is 3.97. The first-order valence-electron chi connectivity index (χ1n) is 6.11. The SMILES string of the molecule is CN[C@@H](Cc1ccc(C(C)(C)C)cc1)C(C)=O. The molecule has 2 nitrogen and oxygen atoms in total. The molecule has 0 aromatic heterocycles. The Morgan fingerprint density at radius 1 is 1.24 bits per heavy atom. The second kappa shape index (κ2) is 5.46. The van der Waals surface area contributed by atoms with Gasteiger partial charge < -0.3 is 5.32 Å². The average Bonchev–Trinajstić information content (AvgIpc) is 2.25. The first-order chi connectivity index (χ1) is 7.84. The summed E-state index contributed by atoms with van der Waals surface area (Å²) in [5, 5.41) is 3.05. The van der Waals surface area contributed by atoms with Gasteiger partial charge in [-0.2, -0.15) is 0 Å². The lowest BCUT2D eigenvalue weighted by Gasteiger charge is -2.19. The minimum absolute atomic E-state index is 0.0736. The number of carbonyl (C=O) groups is 1. The van der Waals surface area contributed by atoms with E-state index < -0.39 is 0 Å². The number of rotatable bonds is 4. The quantitative estimate of drug-likeness (QED) is 0.866. The van der Waals surface area contributed by atoms with Crippen LogP contribution in [0.15, 0.2) is 24.3 Å². The van der Waals surface area contributed by atoms with E-state index in [4.69, 9.17) is 0 Å². The molecule has 94 valence electrons. The van der Waals surface area contributed by atoms with Crippen molar-refractivity contribution in [2.45, 2.75) is 45.6 Å². The van der Waals surface area contributed by atoms with Crippen LogP contribution in [0, 0.1) is 0 Å². The predicted molar refractivity (Wildman–Crippen MR) is 72.4 cm³/mol. The van der Waals surface area contributed by atoms with Crippen molar-refractivity contribution in [1.29, 1.82) is 0 Å². The van der Waals surface area contributed by atoms with E-state index in [1.54, 1.807) is 6.92 Å². The first kappa shape index (κ1) is 13.9. The van der Waals surface area contributed by atoms with Crippen LogP contribution in [0.3, 0.4) is 0 Å². The van der Waals surface area contributed by atoms with Gasteiger partial charge in [0.2, 0.25) is 0 Å². The molecule has 0 aliphatic carbocycles. The highest BCUT2D eigenvalue weighted by atomic mass is 16.1. The van der Waals surface area contributed by atoms with Gasteiger partial charge in [-0.05, 0) is 36.9 Å². The highest BCUT2D eigenvalue weighted by Crippen LogP contribution is 2.22. The lowest BCUT2D eigenvalue weighted by atomic mass is 9.86. The standard InChI is InChI=1S/C15H23NO/c1-11(17)14(16-5)10-12-6-8-13(9-7-12)15(2,3)4/h6-9,14,16H,10H2,1-5H3/t14-/m0/s1. The number of Topliss-reactive ketones (excluding diaryl/α,β-unsaturated/α-hetero) is 1. The zero-order chi connectivity index (χ0) is 13.1. The second-order valence-electron chi connectivity index (χ2n) is 5.60. The summed E-state index contributed by atoms with van der Waals surface area (Å²) >= 11 is 0. The summed E-state index contributed by atoms with van der Waals surface area (Å²) in [6.45, 7) is 8.24. The van der Waals surface area contributed by atoms with Crippen molar-refractivity contribution in [1.82, 2.24) is 5.32 Å². The molecule has 0 aliphatic heterocycles. The maximum Gasteiger partial charge on any atom is 0.147 e. The lowest BCUT2D eigenvalue weighted by molar-refractivity contribution is -0.118. The molecule has 1 aromatic carbocycles. The van der Waals surface area contributed by atoms with Crippen LogP contribution in [0.4, 0.5) is 0 Å². The largest absolute Gasteiger partial charge is 0.310 e. The molecule has 0 amide bonds. The molecule has 0 radical (unpaired) electrons. The van der Waals surface area contributed by atoms with Gasteiger partial charge >= 0.3 is 0 Å². The molecule has 2 heteroatoms. The van der Waals surface area contributed by atoms with Gasteiger partial charge in [0.05, 0.1) is 6.04 Å². The van der Waals surface area contributed by atoms with Crippen LogP contribution in [-0.2, 0) is 16.6 Å². The van der Waals surface area contributed by atoms with Crippen LogP contribution in [0.2, 0.25) is 0 Å². The molecule has 0 fully saturated rings. The van der Waals surface area contributed by atoms with Crippen molar-refractivity contribution in [2.24, 2.45) is 0 Å². The van der Waals surface area contributed by atoms with Gasteiger partial charge in [0, 0.05) is 0 Å². The molecule has 1 N–H and O–H groups in total. The Morgan fingerprint density at radius 2 is 1.76 bits per heavy atom. The van der Waals surface area contributed by atoms with Gasteiger partial charge in [0.1, 0.15) is 5.78 Å².